The van der Waals surface area contributed by atoms with E-state index in [2.05, 4.69) is 33.5 Å². The van der Waals surface area contributed by atoms with E-state index >= 15 is 0 Å². The largest absolute Gasteiger partial charge is 0.313 e. The van der Waals surface area contributed by atoms with Crippen LogP contribution in [0.15, 0.2) is 34.8 Å². The number of aryl methyl sites for hydroxylation is 1. The van der Waals surface area contributed by atoms with Gasteiger partial charge in [-0.05, 0) is 37.4 Å². The Labute approximate surface area is 105 Å². The van der Waals surface area contributed by atoms with Crippen molar-refractivity contribution in [1.29, 1.82) is 0 Å². The van der Waals surface area contributed by atoms with Gasteiger partial charge in [-0.25, -0.2) is 4.98 Å². The van der Waals surface area contributed by atoms with Gasteiger partial charge in [-0.15, -0.1) is 10.2 Å². The van der Waals surface area contributed by atoms with Crippen molar-refractivity contribution in [3.05, 3.63) is 30.2 Å². The Morgan fingerprint density at radius 1 is 1.41 bits per heavy atom. The zero-order chi connectivity index (χ0) is 12.3. The first-order valence-electron chi connectivity index (χ1n) is 5.35. The number of pyridine rings is 1. The minimum atomic E-state index is 0.316. The lowest BCUT2D eigenvalue weighted by atomic mass is 10.1. The molecule has 17 heavy (non-hydrogen) atoms. The molecule has 5 nitrogen and oxygen atoms in total. The van der Waals surface area contributed by atoms with E-state index in [0.717, 1.165) is 10.2 Å². The third-order valence-electron chi connectivity index (χ3n) is 2.56. The minimum Gasteiger partial charge on any atom is -0.313 e. The third kappa shape index (κ3) is 2.83. The number of aromatic nitrogens is 4. The van der Waals surface area contributed by atoms with Crippen molar-refractivity contribution in [2.24, 2.45) is 7.05 Å². The molecule has 2 aromatic heterocycles. The van der Waals surface area contributed by atoms with Crippen LogP contribution in [0.25, 0.3) is 0 Å². The van der Waals surface area contributed by atoms with Gasteiger partial charge in [0.1, 0.15) is 11.4 Å². The Bertz CT molecular complexity index is 479. The van der Waals surface area contributed by atoms with Gasteiger partial charge in [0.05, 0.1) is 0 Å². The maximum absolute atomic E-state index is 4.41. The number of rotatable bonds is 4. The second-order valence-electron chi connectivity index (χ2n) is 3.77. The Morgan fingerprint density at radius 2 is 2.24 bits per heavy atom. The van der Waals surface area contributed by atoms with Gasteiger partial charge in [-0.2, -0.15) is 0 Å². The van der Waals surface area contributed by atoms with Crippen molar-refractivity contribution >= 4 is 11.8 Å². The van der Waals surface area contributed by atoms with Crippen LogP contribution >= 0.6 is 11.8 Å². The molecule has 2 heterocycles. The molecule has 1 unspecified atom stereocenters. The maximum Gasteiger partial charge on any atom is 0.197 e. The first-order chi connectivity index (χ1) is 8.20. The fourth-order valence-electron chi connectivity index (χ4n) is 1.33. The second kappa shape index (κ2) is 5.29. The molecule has 6 heteroatoms. The Hall–Kier alpha value is -1.40. The van der Waals surface area contributed by atoms with Crippen LogP contribution < -0.4 is 5.32 Å². The van der Waals surface area contributed by atoms with Gasteiger partial charge in [0.15, 0.2) is 5.16 Å². The first-order valence-corrected chi connectivity index (χ1v) is 6.17. The molecule has 1 atom stereocenters. The lowest BCUT2D eigenvalue weighted by Crippen LogP contribution is -2.12. The molecule has 0 spiro atoms. The van der Waals surface area contributed by atoms with Gasteiger partial charge in [0.2, 0.25) is 0 Å². The predicted molar refractivity (Wildman–Crippen MR) is 66.8 cm³/mol. The molecule has 0 aliphatic rings. The summed E-state index contributed by atoms with van der Waals surface area (Å²) in [5, 5.41) is 12.8. The van der Waals surface area contributed by atoms with Crippen molar-refractivity contribution in [2.45, 2.75) is 23.1 Å². The van der Waals surface area contributed by atoms with Crippen LogP contribution in [0.5, 0.6) is 0 Å². The summed E-state index contributed by atoms with van der Waals surface area (Å²) in [5.41, 5.74) is 1.18. The summed E-state index contributed by atoms with van der Waals surface area (Å²) in [5.74, 6) is 0. The van der Waals surface area contributed by atoms with Gasteiger partial charge in [-0.1, -0.05) is 6.07 Å². The molecular formula is C11H15N5S. The molecular weight excluding hydrogens is 234 g/mol. The fourth-order valence-corrected chi connectivity index (χ4v) is 2.04. The SMILES string of the molecule is CNC(C)c1ccc(Sc2nncn2C)nc1. The Morgan fingerprint density at radius 3 is 2.76 bits per heavy atom. The molecule has 0 saturated heterocycles. The highest BCUT2D eigenvalue weighted by molar-refractivity contribution is 7.99. The van der Waals surface area contributed by atoms with E-state index in [4.69, 9.17) is 0 Å². The van der Waals surface area contributed by atoms with Gasteiger partial charge in [-0.3, -0.25) is 0 Å². The molecule has 0 aliphatic heterocycles. The van der Waals surface area contributed by atoms with Gasteiger partial charge in [0, 0.05) is 19.3 Å². The number of hydrogen-bond acceptors (Lipinski definition) is 5. The molecule has 2 aromatic rings. The van der Waals surface area contributed by atoms with Crippen LogP contribution in [-0.4, -0.2) is 26.8 Å². The van der Waals surface area contributed by atoms with Crippen LogP contribution in [0, 0.1) is 0 Å². The molecule has 0 radical (unpaired) electrons. The average molecular weight is 249 g/mol. The van der Waals surface area contributed by atoms with E-state index < -0.39 is 0 Å². The number of hydrogen-bond donors (Lipinski definition) is 1. The van der Waals surface area contributed by atoms with E-state index in [1.807, 2.05) is 30.9 Å². The van der Waals surface area contributed by atoms with Crippen molar-refractivity contribution in [2.75, 3.05) is 7.05 Å². The van der Waals surface area contributed by atoms with Crippen molar-refractivity contribution in [3.63, 3.8) is 0 Å². The summed E-state index contributed by atoms with van der Waals surface area (Å²) in [6, 6.07) is 4.39. The van der Waals surface area contributed by atoms with E-state index in [-0.39, 0.29) is 0 Å². The molecule has 0 fully saturated rings. The molecule has 90 valence electrons. The predicted octanol–water partition coefficient (Wildman–Crippen LogP) is 1.64. The second-order valence-corrected chi connectivity index (χ2v) is 4.75. The lowest BCUT2D eigenvalue weighted by Gasteiger charge is -2.09. The maximum atomic E-state index is 4.41. The first kappa shape index (κ1) is 12.1. The molecule has 0 saturated carbocycles. The number of nitrogens with zero attached hydrogens (tertiary/aromatic N) is 4. The highest BCUT2D eigenvalue weighted by Gasteiger charge is 2.06. The molecule has 1 N–H and O–H groups in total. The Kier molecular flexibility index (Phi) is 3.75. The normalized spacial score (nSPS) is 12.6. The molecule has 0 aliphatic carbocycles. The summed E-state index contributed by atoms with van der Waals surface area (Å²) < 4.78 is 1.87. The monoisotopic (exact) mass is 249 g/mol. The third-order valence-corrected chi connectivity index (χ3v) is 3.56. The highest BCUT2D eigenvalue weighted by atomic mass is 32.2. The van der Waals surface area contributed by atoms with E-state index in [1.54, 1.807) is 6.33 Å². The smallest absolute Gasteiger partial charge is 0.197 e. The Balaban J connectivity index is 2.11. The van der Waals surface area contributed by atoms with Crippen molar-refractivity contribution < 1.29 is 0 Å². The minimum absolute atomic E-state index is 0.316. The highest BCUT2D eigenvalue weighted by Crippen LogP contribution is 2.23. The van der Waals surface area contributed by atoms with Crippen molar-refractivity contribution in [3.8, 4) is 0 Å². The van der Waals surface area contributed by atoms with Crippen LogP contribution in [0.1, 0.15) is 18.5 Å². The summed E-state index contributed by atoms with van der Waals surface area (Å²) >= 11 is 1.51. The average Bonchev–Trinajstić information content (AvgIpc) is 2.75. The lowest BCUT2D eigenvalue weighted by molar-refractivity contribution is 0.648. The molecule has 0 amide bonds. The van der Waals surface area contributed by atoms with E-state index in [1.165, 1.54) is 17.3 Å². The van der Waals surface area contributed by atoms with Crippen LogP contribution in [0.3, 0.4) is 0 Å². The number of nitrogens with one attached hydrogen (secondary N) is 1. The summed E-state index contributed by atoms with van der Waals surface area (Å²) in [6.45, 7) is 2.10. The fraction of sp³-hybridized carbons (Fsp3) is 0.364. The summed E-state index contributed by atoms with van der Waals surface area (Å²) in [4.78, 5) is 4.41. The van der Waals surface area contributed by atoms with Gasteiger partial charge < -0.3 is 9.88 Å². The van der Waals surface area contributed by atoms with Crippen LogP contribution in [0.2, 0.25) is 0 Å². The molecule has 2 rings (SSSR count). The summed E-state index contributed by atoms with van der Waals surface area (Å²) in [7, 11) is 3.85. The van der Waals surface area contributed by atoms with E-state index in [0.29, 0.717) is 6.04 Å². The topological polar surface area (TPSA) is 55.6 Å². The molecule has 0 bridgehead atoms. The zero-order valence-electron chi connectivity index (χ0n) is 10.1. The van der Waals surface area contributed by atoms with E-state index in [9.17, 15) is 0 Å². The van der Waals surface area contributed by atoms with Crippen LogP contribution in [-0.2, 0) is 7.05 Å². The standard InChI is InChI=1S/C11H15N5S/c1-8(12-2)9-4-5-10(13-6-9)17-11-15-14-7-16(11)3/h4-8,12H,1-3H3. The van der Waals surface area contributed by atoms with Gasteiger partial charge >= 0.3 is 0 Å². The molecule has 0 aromatic carbocycles. The van der Waals surface area contributed by atoms with Crippen LogP contribution in [0.4, 0.5) is 0 Å². The summed E-state index contributed by atoms with van der Waals surface area (Å²) in [6.07, 6.45) is 3.57. The van der Waals surface area contributed by atoms with Crippen molar-refractivity contribution in [1.82, 2.24) is 25.1 Å². The zero-order valence-corrected chi connectivity index (χ0v) is 10.9. The van der Waals surface area contributed by atoms with Gasteiger partial charge in [0.25, 0.3) is 0 Å². The quantitative estimate of drug-likeness (QED) is 0.892.